The molecule has 0 aliphatic carbocycles. The third-order valence-corrected chi connectivity index (χ3v) is 5.81. The smallest absolute Gasteiger partial charge is 0.230 e. The highest BCUT2D eigenvalue weighted by Gasteiger charge is 2.16. The molecule has 170 valence electrons. The number of tetrazole rings is 1. The van der Waals surface area contributed by atoms with Gasteiger partial charge in [0.25, 0.3) is 0 Å². The number of methoxy groups -OCH3 is 2. The van der Waals surface area contributed by atoms with Gasteiger partial charge in [0.1, 0.15) is 28.7 Å². The number of nitrogens with one attached hydrogen (secondary N) is 1. The van der Waals surface area contributed by atoms with Crippen LogP contribution in [0.4, 0.5) is 0 Å². The first-order chi connectivity index (χ1) is 16.1. The van der Waals surface area contributed by atoms with E-state index in [9.17, 15) is 4.79 Å². The van der Waals surface area contributed by atoms with Gasteiger partial charge in [-0.15, -0.1) is 5.10 Å². The number of thioether (sulfide) groups is 1. The number of amides is 1. The van der Waals surface area contributed by atoms with Crippen LogP contribution < -0.4 is 14.8 Å². The first-order valence-corrected chi connectivity index (χ1v) is 11.2. The lowest BCUT2D eigenvalue weighted by atomic mass is 10.2. The summed E-state index contributed by atoms with van der Waals surface area (Å²) in [6.45, 7) is 0.266. The standard InChI is InChI=1S/C22H20ClN5O4S/c1-30-16-7-10-20(31-2)18(11-16)28-22(25-26-27-28)33-13-21(29)24-12-17-8-9-19(32-17)14-3-5-15(23)6-4-14/h3-11H,12-13H2,1-2H3,(H,24,29). The summed E-state index contributed by atoms with van der Waals surface area (Å²) in [6, 6.07) is 16.3. The summed E-state index contributed by atoms with van der Waals surface area (Å²) >= 11 is 7.13. The average molecular weight is 486 g/mol. The zero-order valence-electron chi connectivity index (χ0n) is 17.8. The molecule has 4 rings (SSSR count). The summed E-state index contributed by atoms with van der Waals surface area (Å²) in [4.78, 5) is 12.4. The molecule has 0 bridgehead atoms. The van der Waals surface area contributed by atoms with Crippen molar-refractivity contribution in [3.8, 4) is 28.5 Å². The third kappa shape index (κ3) is 5.47. The molecule has 0 fully saturated rings. The number of hydrogen-bond donors (Lipinski definition) is 1. The number of ether oxygens (including phenoxy) is 2. The molecule has 0 spiro atoms. The van der Waals surface area contributed by atoms with Gasteiger partial charge in [-0.25, -0.2) is 0 Å². The molecule has 9 nitrogen and oxygen atoms in total. The van der Waals surface area contributed by atoms with E-state index >= 15 is 0 Å². The van der Waals surface area contributed by atoms with E-state index in [-0.39, 0.29) is 18.2 Å². The lowest BCUT2D eigenvalue weighted by Gasteiger charge is -2.11. The van der Waals surface area contributed by atoms with E-state index in [0.29, 0.717) is 38.9 Å². The van der Waals surface area contributed by atoms with E-state index in [2.05, 4.69) is 20.8 Å². The second kappa shape index (κ2) is 10.4. The molecule has 0 radical (unpaired) electrons. The van der Waals surface area contributed by atoms with Crippen LogP contribution in [0.2, 0.25) is 5.02 Å². The van der Waals surface area contributed by atoms with Crippen LogP contribution in [0.5, 0.6) is 11.5 Å². The second-order valence-electron chi connectivity index (χ2n) is 6.75. The second-order valence-corrected chi connectivity index (χ2v) is 8.13. The minimum atomic E-state index is -0.184. The summed E-state index contributed by atoms with van der Waals surface area (Å²) < 4.78 is 18.0. The zero-order valence-corrected chi connectivity index (χ0v) is 19.4. The van der Waals surface area contributed by atoms with Crippen molar-refractivity contribution in [2.24, 2.45) is 0 Å². The van der Waals surface area contributed by atoms with Crippen LogP contribution in [-0.2, 0) is 11.3 Å². The topological polar surface area (TPSA) is 104 Å². The number of hydrogen-bond acceptors (Lipinski definition) is 8. The zero-order chi connectivity index (χ0) is 23.2. The minimum absolute atomic E-state index is 0.122. The molecule has 2 heterocycles. The van der Waals surface area contributed by atoms with Gasteiger partial charge in [0.15, 0.2) is 0 Å². The maximum Gasteiger partial charge on any atom is 0.230 e. The molecular weight excluding hydrogens is 466 g/mol. The first kappa shape index (κ1) is 22.7. The summed E-state index contributed by atoms with van der Waals surface area (Å²) in [6.07, 6.45) is 0. The van der Waals surface area contributed by atoms with E-state index in [1.165, 1.54) is 16.4 Å². The maximum atomic E-state index is 12.4. The van der Waals surface area contributed by atoms with E-state index in [1.807, 2.05) is 24.3 Å². The number of aromatic nitrogens is 4. The number of halogens is 1. The molecule has 2 aromatic carbocycles. The van der Waals surface area contributed by atoms with Crippen LogP contribution >= 0.6 is 23.4 Å². The van der Waals surface area contributed by atoms with Crippen molar-refractivity contribution in [3.05, 3.63) is 65.4 Å². The molecule has 0 aliphatic heterocycles. The van der Waals surface area contributed by atoms with Crippen molar-refractivity contribution in [2.45, 2.75) is 11.7 Å². The van der Waals surface area contributed by atoms with E-state index < -0.39 is 0 Å². The quantitative estimate of drug-likeness (QED) is 0.355. The van der Waals surface area contributed by atoms with Gasteiger partial charge < -0.3 is 19.2 Å². The highest BCUT2D eigenvalue weighted by atomic mass is 35.5. The van der Waals surface area contributed by atoms with Gasteiger partial charge in [-0.2, -0.15) is 4.68 Å². The molecule has 33 heavy (non-hydrogen) atoms. The number of nitrogens with zero attached hydrogens (tertiary/aromatic N) is 4. The Morgan fingerprint density at radius 1 is 1.12 bits per heavy atom. The van der Waals surface area contributed by atoms with Gasteiger partial charge in [0.05, 0.1) is 26.5 Å². The molecule has 4 aromatic rings. The Bertz CT molecular complexity index is 1240. The van der Waals surface area contributed by atoms with Crippen LogP contribution in [0, 0.1) is 0 Å². The highest BCUT2D eigenvalue weighted by Crippen LogP contribution is 2.29. The number of carbonyl (C=O) groups is 1. The molecule has 0 unspecified atom stereocenters. The normalized spacial score (nSPS) is 10.8. The third-order valence-electron chi connectivity index (χ3n) is 4.64. The Labute approximate surface area is 199 Å². The molecule has 0 atom stereocenters. The fraction of sp³-hybridized carbons (Fsp3) is 0.182. The number of benzene rings is 2. The van der Waals surface area contributed by atoms with Gasteiger partial charge in [-0.3, -0.25) is 4.79 Å². The summed E-state index contributed by atoms with van der Waals surface area (Å²) in [5, 5.41) is 15.7. The van der Waals surface area contributed by atoms with Crippen molar-refractivity contribution < 1.29 is 18.7 Å². The lowest BCUT2D eigenvalue weighted by molar-refractivity contribution is -0.118. The fourth-order valence-corrected chi connectivity index (χ4v) is 3.83. The first-order valence-electron chi connectivity index (χ1n) is 9.82. The molecule has 0 saturated carbocycles. The lowest BCUT2D eigenvalue weighted by Crippen LogP contribution is -2.24. The van der Waals surface area contributed by atoms with Gasteiger partial charge in [0.2, 0.25) is 11.1 Å². The molecule has 0 saturated heterocycles. The number of furan rings is 1. The van der Waals surface area contributed by atoms with E-state index in [1.54, 1.807) is 44.6 Å². The Morgan fingerprint density at radius 2 is 1.94 bits per heavy atom. The minimum Gasteiger partial charge on any atom is -0.497 e. The molecule has 2 aromatic heterocycles. The van der Waals surface area contributed by atoms with Gasteiger partial charge in [-0.1, -0.05) is 23.4 Å². The van der Waals surface area contributed by atoms with E-state index in [4.69, 9.17) is 25.5 Å². The number of carbonyl (C=O) groups excluding carboxylic acids is 1. The predicted molar refractivity (Wildman–Crippen MR) is 124 cm³/mol. The average Bonchev–Trinajstić information content (AvgIpc) is 3.51. The molecule has 11 heteroatoms. The number of rotatable bonds is 9. The Balaban J connectivity index is 1.35. The van der Waals surface area contributed by atoms with Crippen LogP contribution in [-0.4, -0.2) is 46.1 Å². The largest absolute Gasteiger partial charge is 0.497 e. The maximum absolute atomic E-state index is 12.4. The predicted octanol–water partition coefficient (Wildman–Crippen LogP) is 4.00. The Morgan fingerprint density at radius 3 is 2.70 bits per heavy atom. The van der Waals surface area contributed by atoms with Crippen LogP contribution in [0.25, 0.3) is 17.0 Å². The monoisotopic (exact) mass is 485 g/mol. The van der Waals surface area contributed by atoms with Crippen LogP contribution in [0.1, 0.15) is 5.76 Å². The molecule has 1 N–H and O–H groups in total. The van der Waals surface area contributed by atoms with Gasteiger partial charge in [-0.05, 0) is 59.0 Å². The van der Waals surface area contributed by atoms with E-state index in [0.717, 1.165) is 5.56 Å². The van der Waals surface area contributed by atoms with Gasteiger partial charge in [0, 0.05) is 16.7 Å². The van der Waals surface area contributed by atoms with Crippen LogP contribution in [0.3, 0.4) is 0 Å². The van der Waals surface area contributed by atoms with Crippen molar-refractivity contribution in [2.75, 3.05) is 20.0 Å². The molecule has 1 amide bonds. The van der Waals surface area contributed by atoms with Gasteiger partial charge >= 0.3 is 0 Å². The summed E-state index contributed by atoms with van der Waals surface area (Å²) in [5.74, 6) is 2.49. The SMILES string of the molecule is COc1ccc(OC)c(-n2nnnc2SCC(=O)NCc2ccc(-c3ccc(Cl)cc3)o2)c1. The molecular formula is C22H20ClN5O4S. The fourth-order valence-electron chi connectivity index (χ4n) is 2.99. The van der Waals surface area contributed by atoms with Crippen LogP contribution in [0.15, 0.2) is 64.2 Å². The van der Waals surface area contributed by atoms with Crippen molar-refractivity contribution in [1.82, 2.24) is 25.5 Å². The highest BCUT2D eigenvalue weighted by molar-refractivity contribution is 7.99. The van der Waals surface area contributed by atoms with Crippen molar-refractivity contribution >= 4 is 29.3 Å². The Kier molecular flexibility index (Phi) is 7.16. The Hall–Kier alpha value is -3.50. The van der Waals surface area contributed by atoms with Crippen molar-refractivity contribution in [3.63, 3.8) is 0 Å². The van der Waals surface area contributed by atoms with Crippen molar-refractivity contribution in [1.29, 1.82) is 0 Å². The summed E-state index contributed by atoms with van der Waals surface area (Å²) in [5.41, 5.74) is 1.52. The molecule has 0 aliphatic rings. The summed E-state index contributed by atoms with van der Waals surface area (Å²) in [7, 11) is 3.13.